The van der Waals surface area contributed by atoms with Crippen molar-refractivity contribution in [2.75, 3.05) is 0 Å². The Labute approximate surface area is 294 Å². The van der Waals surface area contributed by atoms with E-state index in [1.165, 1.54) is 82.2 Å². The van der Waals surface area contributed by atoms with Crippen LogP contribution < -0.4 is 0 Å². The molecule has 0 bridgehead atoms. The average molecular weight is 650 g/mol. The number of aromatic nitrogens is 3. The van der Waals surface area contributed by atoms with E-state index < -0.39 is 0 Å². The van der Waals surface area contributed by atoms with Gasteiger partial charge in [0.05, 0.1) is 38.8 Å². The standard InChI is InChI=1S/C48H31N3/c1-2-16-33(17-3-1)49-43-27-12-7-22-38(43)47-45(49)29-30-46-48(47)39-23-8-13-28-44(39)51(46)40-24-9-4-19-35(40)32-15-14-18-34(31-32)50-41-25-10-5-20-36(41)37-21-6-11-26-42(37)50/h1-31H. The van der Waals surface area contributed by atoms with Crippen LogP contribution in [0.2, 0.25) is 0 Å². The highest BCUT2D eigenvalue weighted by Gasteiger charge is 2.22. The summed E-state index contributed by atoms with van der Waals surface area (Å²) in [5.41, 5.74) is 13.1. The lowest BCUT2D eigenvalue weighted by Crippen LogP contribution is -1.98. The van der Waals surface area contributed by atoms with Gasteiger partial charge in [0.2, 0.25) is 0 Å². The van der Waals surface area contributed by atoms with Crippen LogP contribution in [0.15, 0.2) is 188 Å². The molecule has 11 rings (SSSR count). The second-order valence-electron chi connectivity index (χ2n) is 13.3. The summed E-state index contributed by atoms with van der Waals surface area (Å²) in [7, 11) is 0. The Balaban J connectivity index is 1.18. The fraction of sp³-hybridized carbons (Fsp3) is 0. The lowest BCUT2D eigenvalue weighted by molar-refractivity contribution is 1.17. The number of hydrogen-bond donors (Lipinski definition) is 0. The molecule has 0 amide bonds. The zero-order valence-corrected chi connectivity index (χ0v) is 27.7. The van der Waals surface area contributed by atoms with Crippen LogP contribution in [0.25, 0.3) is 93.6 Å². The molecule has 3 heterocycles. The monoisotopic (exact) mass is 649 g/mol. The van der Waals surface area contributed by atoms with Gasteiger partial charge >= 0.3 is 0 Å². The molecule has 0 radical (unpaired) electrons. The van der Waals surface area contributed by atoms with Crippen LogP contribution in [-0.2, 0) is 0 Å². The third-order valence-electron chi connectivity index (χ3n) is 10.6. The second-order valence-corrected chi connectivity index (χ2v) is 13.3. The predicted octanol–water partition coefficient (Wildman–Crippen LogP) is 12.6. The molecule has 0 saturated heterocycles. The van der Waals surface area contributed by atoms with Crippen molar-refractivity contribution < 1.29 is 0 Å². The van der Waals surface area contributed by atoms with E-state index in [0.29, 0.717) is 0 Å². The minimum atomic E-state index is 1.15. The number of para-hydroxylation sites is 6. The number of hydrogen-bond acceptors (Lipinski definition) is 0. The molecular formula is C48H31N3. The summed E-state index contributed by atoms with van der Waals surface area (Å²) in [6.07, 6.45) is 0. The van der Waals surface area contributed by atoms with E-state index in [1.807, 2.05) is 0 Å². The molecule has 8 aromatic carbocycles. The first-order valence-electron chi connectivity index (χ1n) is 17.5. The van der Waals surface area contributed by atoms with Crippen molar-refractivity contribution >= 4 is 65.4 Å². The van der Waals surface area contributed by atoms with E-state index in [2.05, 4.69) is 202 Å². The van der Waals surface area contributed by atoms with Gasteiger partial charge in [-0.25, -0.2) is 0 Å². The quantitative estimate of drug-likeness (QED) is 0.180. The van der Waals surface area contributed by atoms with Crippen molar-refractivity contribution in [1.82, 2.24) is 13.7 Å². The smallest absolute Gasteiger partial charge is 0.0549 e. The van der Waals surface area contributed by atoms with Crippen LogP contribution in [0.3, 0.4) is 0 Å². The fourth-order valence-corrected chi connectivity index (χ4v) is 8.56. The number of rotatable bonds is 4. The van der Waals surface area contributed by atoms with Gasteiger partial charge in [-0.2, -0.15) is 0 Å². The molecule has 0 aliphatic carbocycles. The van der Waals surface area contributed by atoms with E-state index in [4.69, 9.17) is 0 Å². The molecule has 0 aliphatic rings. The van der Waals surface area contributed by atoms with E-state index in [9.17, 15) is 0 Å². The van der Waals surface area contributed by atoms with Gasteiger partial charge < -0.3 is 13.7 Å². The van der Waals surface area contributed by atoms with Crippen LogP contribution in [0.4, 0.5) is 0 Å². The topological polar surface area (TPSA) is 14.8 Å². The molecular weight excluding hydrogens is 619 g/mol. The second kappa shape index (κ2) is 10.8. The first-order chi connectivity index (χ1) is 25.3. The van der Waals surface area contributed by atoms with Crippen LogP contribution in [0.5, 0.6) is 0 Å². The molecule has 0 saturated carbocycles. The first kappa shape index (κ1) is 28.0. The molecule has 3 aromatic heterocycles. The molecule has 238 valence electrons. The Morgan fingerprint density at radius 2 is 0.725 bits per heavy atom. The van der Waals surface area contributed by atoms with Crippen LogP contribution in [0, 0.1) is 0 Å². The molecule has 0 unspecified atom stereocenters. The molecule has 51 heavy (non-hydrogen) atoms. The van der Waals surface area contributed by atoms with Crippen molar-refractivity contribution in [3.8, 4) is 28.2 Å². The highest BCUT2D eigenvalue weighted by atomic mass is 15.0. The summed E-state index contributed by atoms with van der Waals surface area (Å²) in [5.74, 6) is 0. The van der Waals surface area contributed by atoms with Gasteiger partial charge in [-0.1, -0.05) is 121 Å². The van der Waals surface area contributed by atoms with Crippen LogP contribution in [0.1, 0.15) is 0 Å². The minimum absolute atomic E-state index is 1.15. The van der Waals surface area contributed by atoms with Crippen LogP contribution >= 0.6 is 0 Å². The Morgan fingerprint density at radius 3 is 1.37 bits per heavy atom. The first-order valence-corrected chi connectivity index (χ1v) is 17.5. The van der Waals surface area contributed by atoms with Gasteiger partial charge in [0.25, 0.3) is 0 Å². The third-order valence-corrected chi connectivity index (χ3v) is 10.6. The zero-order chi connectivity index (χ0) is 33.5. The summed E-state index contributed by atoms with van der Waals surface area (Å²) in [6, 6.07) is 68.3. The average Bonchev–Trinajstić information content (AvgIpc) is 3.84. The van der Waals surface area contributed by atoms with Gasteiger partial charge in [-0.15, -0.1) is 0 Å². The summed E-state index contributed by atoms with van der Waals surface area (Å²) >= 11 is 0. The van der Waals surface area contributed by atoms with E-state index in [1.54, 1.807) is 0 Å². The zero-order valence-electron chi connectivity index (χ0n) is 27.7. The van der Waals surface area contributed by atoms with Crippen molar-refractivity contribution in [2.45, 2.75) is 0 Å². The molecule has 0 spiro atoms. The summed E-state index contributed by atoms with van der Waals surface area (Å²) in [5, 5.41) is 7.61. The maximum Gasteiger partial charge on any atom is 0.0549 e. The van der Waals surface area contributed by atoms with Crippen molar-refractivity contribution in [3.05, 3.63) is 188 Å². The molecule has 0 aliphatic heterocycles. The van der Waals surface area contributed by atoms with Gasteiger partial charge in [0.15, 0.2) is 0 Å². The van der Waals surface area contributed by atoms with Crippen molar-refractivity contribution in [2.24, 2.45) is 0 Å². The third kappa shape index (κ3) is 4.00. The highest BCUT2D eigenvalue weighted by Crippen LogP contribution is 2.43. The maximum atomic E-state index is 2.47. The highest BCUT2D eigenvalue weighted by molar-refractivity contribution is 6.29. The van der Waals surface area contributed by atoms with Gasteiger partial charge in [-0.3, -0.25) is 0 Å². The van der Waals surface area contributed by atoms with E-state index in [0.717, 1.165) is 11.4 Å². The van der Waals surface area contributed by atoms with Gasteiger partial charge in [0.1, 0.15) is 0 Å². The molecule has 0 fully saturated rings. The van der Waals surface area contributed by atoms with E-state index >= 15 is 0 Å². The van der Waals surface area contributed by atoms with Crippen molar-refractivity contribution in [1.29, 1.82) is 0 Å². The predicted molar refractivity (Wildman–Crippen MR) is 215 cm³/mol. The number of benzene rings is 8. The Kier molecular flexibility index (Phi) is 5.96. The Morgan fingerprint density at radius 1 is 0.275 bits per heavy atom. The largest absolute Gasteiger partial charge is 0.309 e. The van der Waals surface area contributed by atoms with Crippen LogP contribution in [-0.4, -0.2) is 13.7 Å². The molecule has 3 heteroatoms. The van der Waals surface area contributed by atoms with Gasteiger partial charge in [-0.05, 0) is 72.3 Å². The Bertz CT molecular complexity index is 3080. The SMILES string of the molecule is c1ccc(-n2c3ccccc3c3c4c5ccccc5n(-c5ccccc5-c5cccc(-n6c7ccccc7c7ccccc76)c5)c4ccc32)cc1. The van der Waals surface area contributed by atoms with Crippen molar-refractivity contribution in [3.63, 3.8) is 0 Å². The minimum Gasteiger partial charge on any atom is -0.309 e. The normalized spacial score (nSPS) is 11.9. The summed E-state index contributed by atoms with van der Waals surface area (Å²) in [6.45, 7) is 0. The molecule has 0 N–H and O–H groups in total. The lowest BCUT2D eigenvalue weighted by Gasteiger charge is -2.16. The molecule has 11 aromatic rings. The maximum absolute atomic E-state index is 2.47. The van der Waals surface area contributed by atoms with Gasteiger partial charge in [0, 0.05) is 49.3 Å². The number of nitrogens with zero attached hydrogens (tertiary/aromatic N) is 3. The van der Waals surface area contributed by atoms with E-state index in [-0.39, 0.29) is 0 Å². The summed E-state index contributed by atoms with van der Waals surface area (Å²) in [4.78, 5) is 0. The number of fused-ring (bicyclic) bond motifs is 10. The summed E-state index contributed by atoms with van der Waals surface area (Å²) < 4.78 is 7.28. The Hall–Kier alpha value is -6.84. The fourth-order valence-electron chi connectivity index (χ4n) is 8.56. The molecule has 3 nitrogen and oxygen atoms in total. The lowest BCUT2D eigenvalue weighted by atomic mass is 10.0. The molecule has 0 atom stereocenters.